The molecule has 0 amide bonds. The zero-order valence-corrected chi connectivity index (χ0v) is 20.8. The van der Waals surface area contributed by atoms with E-state index in [0.29, 0.717) is 11.8 Å². The first-order valence-corrected chi connectivity index (χ1v) is 12.9. The molecule has 2 aromatic heterocycles. The average molecular weight is 560 g/mol. The molecule has 0 radical (unpaired) electrons. The first kappa shape index (κ1) is 27.6. The number of hydrogen-bond donors (Lipinski definition) is 1. The van der Waals surface area contributed by atoms with Crippen LogP contribution in [0.15, 0.2) is 59.9 Å². The van der Waals surface area contributed by atoms with E-state index in [2.05, 4.69) is 14.7 Å². The van der Waals surface area contributed by atoms with Gasteiger partial charge in [-0.1, -0.05) is 24.3 Å². The van der Waals surface area contributed by atoms with E-state index in [9.17, 15) is 34.8 Å². The molecule has 4 rings (SSSR count). The first-order chi connectivity index (χ1) is 17.7. The average Bonchev–Trinajstić information content (AvgIpc) is 2.83. The maximum Gasteiger partial charge on any atom is 0.418 e. The van der Waals surface area contributed by atoms with Gasteiger partial charge in [-0.15, -0.1) is 0 Å². The minimum atomic E-state index is -4.73. The molecular formula is C24H23F6N5O2S. The van der Waals surface area contributed by atoms with Crippen molar-refractivity contribution in [3.63, 3.8) is 0 Å². The molecule has 0 aliphatic carbocycles. The second-order valence-corrected chi connectivity index (χ2v) is 10.3. The summed E-state index contributed by atoms with van der Waals surface area (Å²) in [5.74, 6) is -0.345. The summed E-state index contributed by atoms with van der Waals surface area (Å²) in [5, 5.41) is -0.414. The Morgan fingerprint density at radius 1 is 0.921 bits per heavy atom. The van der Waals surface area contributed by atoms with E-state index >= 15 is 0 Å². The lowest BCUT2D eigenvalue weighted by atomic mass is 9.97. The Hall–Kier alpha value is -3.39. The molecule has 14 heteroatoms. The Bertz CT molecular complexity index is 1400. The highest BCUT2D eigenvalue weighted by atomic mass is 32.2. The number of benzene rings is 1. The van der Waals surface area contributed by atoms with Crippen molar-refractivity contribution < 1.29 is 34.8 Å². The Morgan fingerprint density at radius 3 is 2.24 bits per heavy atom. The standard InChI is InChI=1S/C24H23F6N5O2S/c1-16-5-2-3-6-17(16)18-13-21(32-14-19(18)24(28,29)30)33-38(36,37)22-20(7-4-8-31-22)35-11-9-34(10-12-35)15-23(25,26)27/h2-8,13-14H,9-12,15H2,1H3,(H,32,33). The van der Waals surface area contributed by atoms with Crippen molar-refractivity contribution in [3.8, 4) is 11.1 Å². The summed E-state index contributed by atoms with van der Waals surface area (Å²) >= 11 is 0. The lowest BCUT2D eigenvalue weighted by molar-refractivity contribution is -0.146. The van der Waals surface area contributed by atoms with Crippen molar-refractivity contribution in [3.05, 3.63) is 66.0 Å². The number of alkyl halides is 6. The van der Waals surface area contributed by atoms with E-state index in [1.54, 1.807) is 30.0 Å². The van der Waals surface area contributed by atoms with E-state index < -0.39 is 39.5 Å². The van der Waals surface area contributed by atoms with E-state index in [4.69, 9.17) is 0 Å². The second-order valence-electron chi connectivity index (χ2n) is 8.74. The SMILES string of the molecule is Cc1ccccc1-c1cc(NS(=O)(=O)c2ncccc2N2CCN(CC(F)(F)F)CC2)ncc1C(F)(F)F. The van der Waals surface area contributed by atoms with Gasteiger partial charge in [0.15, 0.2) is 5.03 Å². The van der Waals surface area contributed by atoms with Gasteiger partial charge >= 0.3 is 12.4 Å². The van der Waals surface area contributed by atoms with Gasteiger partial charge < -0.3 is 4.90 Å². The van der Waals surface area contributed by atoms with Crippen LogP contribution in [0.1, 0.15) is 11.1 Å². The molecule has 7 nitrogen and oxygen atoms in total. The maximum atomic E-state index is 13.7. The van der Waals surface area contributed by atoms with Gasteiger partial charge in [-0.05, 0) is 41.8 Å². The summed E-state index contributed by atoms with van der Waals surface area (Å²) in [6.07, 6.45) is -7.28. The number of nitrogens with zero attached hydrogens (tertiary/aromatic N) is 4. The van der Waals surface area contributed by atoms with Crippen molar-refractivity contribution in [2.75, 3.05) is 42.3 Å². The minimum Gasteiger partial charge on any atom is -0.367 e. The van der Waals surface area contributed by atoms with Crippen LogP contribution in [0, 0.1) is 6.92 Å². The van der Waals surface area contributed by atoms with Gasteiger partial charge in [0.2, 0.25) is 0 Å². The van der Waals surface area contributed by atoms with Crippen LogP contribution in [-0.4, -0.2) is 62.2 Å². The Balaban J connectivity index is 1.63. The molecular weight excluding hydrogens is 536 g/mol. The van der Waals surface area contributed by atoms with Gasteiger partial charge in [0.25, 0.3) is 10.0 Å². The zero-order chi connectivity index (χ0) is 27.7. The number of hydrogen-bond acceptors (Lipinski definition) is 6. The van der Waals surface area contributed by atoms with Gasteiger partial charge in [0, 0.05) is 38.6 Å². The van der Waals surface area contributed by atoms with Crippen molar-refractivity contribution in [2.24, 2.45) is 0 Å². The molecule has 0 bridgehead atoms. The maximum absolute atomic E-state index is 13.7. The highest BCUT2D eigenvalue weighted by Crippen LogP contribution is 2.39. The second kappa shape index (κ2) is 10.4. The number of aryl methyl sites for hydroxylation is 1. The molecule has 0 spiro atoms. The Kier molecular flexibility index (Phi) is 7.57. The van der Waals surface area contributed by atoms with Crippen molar-refractivity contribution >= 4 is 21.5 Å². The van der Waals surface area contributed by atoms with E-state index in [1.807, 2.05) is 0 Å². The zero-order valence-electron chi connectivity index (χ0n) is 20.0. The van der Waals surface area contributed by atoms with Gasteiger partial charge in [-0.3, -0.25) is 9.62 Å². The summed E-state index contributed by atoms with van der Waals surface area (Å²) in [5.41, 5.74) is -0.291. The quantitative estimate of drug-likeness (QED) is 0.431. The Labute approximate surface area is 215 Å². The smallest absolute Gasteiger partial charge is 0.367 e. The molecule has 0 saturated carbocycles. The predicted molar refractivity (Wildman–Crippen MR) is 129 cm³/mol. The molecule has 1 aromatic carbocycles. The summed E-state index contributed by atoms with van der Waals surface area (Å²) in [6.45, 7) is 0.932. The van der Waals surface area contributed by atoms with Crippen LogP contribution in [-0.2, 0) is 16.2 Å². The highest BCUT2D eigenvalue weighted by molar-refractivity contribution is 7.92. The van der Waals surface area contributed by atoms with Gasteiger partial charge in [0.1, 0.15) is 5.82 Å². The first-order valence-electron chi connectivity index (χ1n) is 11.4. The van der Waals surface area contributed by atoms with Crippen molar-refractivity contribution in [1.29, 1.82) is 0 Å². The van der Waals surface area contributed by atoms with E-state index in [0.717, 1.165) is 6.07 Å². The number of piperazine rings is 1. The fourth-order valence-electron chi connectivity index (χ4n) is 4.25. The number of pyridine rings is 2. The third-order valence-electron chi connectivity index (χ3n) is 6.01. The van der Waals surface area contributed by atoms with Crippen LogP contribution in [0.25, 0.3) is 11.1 Å². The normalized spacial score (nSPS) is 15.5. The van der Waals surface area contributed by atoms with Crippen LogP contribution in [0.5, 0.6) is 0 Å². The molecule has 3 heterocycles. The lowest BCUT2D eigenvalue weighted by Gasteiger charge is -2.36. The predicted octanol–water partition coefficient (Wildman–Crippen LogP) is 4.96. The van der Waals surface area contributed by atoms with Crippen molar-refractivity contribution in [1.82, 2.24) is 14.9 Å². The molecule has 0 atom stereocenters. The molecule has 0 unspecified atom stereocenters. The number of aromatic nitrogens is 2. The number of nitrogens with one attached hydrogen (secondary N) is 1. The molecule has 3 aromatic rings. The number of anilines is 2. The van der Waals surface area contributed by atoms with Crippen molar-refractivity contribution in [2.45, 2.75) is 24.3 Å². The highest BCUT2D eigenvalue weighted by Gasteiger charge is 2.36. The fourth-order valence-corrected chi connectivity index (χ4v) is 5.41. The van der Waals surface area contributed by atoms with E-state index in [-0.39, 0.29) is 48.8 Å². The summed E-state index contributed by atoms with van der Waals surface area (Å²) < 4.78 is 108. The summed E-state index contributed by atoms with van der Waals surface area (Å²) in [4.78, 5) is 10.5. The fraction of sp³-hybridized carbons (Fsp3) is 0.333. The van der Waals surface area contributed by atoms with Crippen LogP contribution in [0.3, 0.4) is 0 Å². The van der Waals surface area contributed by atoms with Gasteiger partial charge in [0.05, 0.1) is 17.8 Å². The third kappa shape index (κ3) is 6.35. The topological polar surface area (TPSA) is 78.4 Å². The molecule has 204 valence electrons. The van der Waals surface area contributed by atoms with Crippen LogP contribution >= 0.6 is 0 Å². The third-order valence-corrected chi connectivity index (χ3v) is 7.31. The number of rotatable bonds is 6. The van der Waals surface area contributed by atoms with Gasteiger partial charge in [-0.25, -0.2) is 9.97 Å². The molecule has 1 fully saturated rings. The van der Waals surface area contributed by atoms with Crippen LogP contribution in [0.4, 0.5) is 37.8 Å². The number of halogens is 6. The van der Waals surface area contributed by atoms with Crippen LogP contribution < -0.4 is 9.62 Å². The largest absolute Gasteiger partial charge is 0.418 e. The molecule has 38 heavy (non-hydrogen) atoms. The van der Waals surface area contributed by atoms with Crippen LogP contribution in [0.2, 0.25) is 0 Å². The minimum absolute atomic E-state index is 0.0571. The summed E-state index contributed by atoms with van der Waals surface area (Å²) in [6, 6.07) is 10.3. The lowest BCUT2D eigenvalue weighted by Crippen LogP contribution is -2.49. The molecule has 1 N–H and O–H groups in total. The Morgan fingerprint density at radius 2 is 1.61 bits per heavy atom. The molecule has 1 aliphatic heterocycles. The monoisotopic (exact) mass is 559 g/mol. The van der Waals surface area contributed by atoms with E-state index in [1.165, 1.54) is 29.3 Å². The molecule has 1 aliphatic rings. The summed E-state index contributed by atoms with van der Waals surface area (Å²) in [7, 11) is -4.43. The molecule has 1 saturated heterocycles. The number of sulfonamides is 1. The van der Waals surface area contributed by atoms with Gasteiger partial charge in [-0.2, -0.15) is 34.8 Å².